The fourth-order valence-electron chi connectivity index (χ4n) is 1.97. The summed E-state index contributed by atoms with van der Waals surface area (Å²) < 4.78 is 37.1. The molecular weight excluding hydrogens is 334 g/mol. The van der Waals surface area contributed by atoms with Crippen LogP contribution >= 0.6 is 11.6 Å². The van der Waals surface area contributed by atoms with Gasteiger partial charge in [0.2, 0.25) is 10.0 Å². The summed E-state index contributed by atoms with van der Waals surface area (Å²) in [5.41, 5.74) is 0. The number of benzene rings is 1. The first-order valence-electron chi connectivity index (χ1n) is 6.60. The zero-order chi connectivity index (χ0) is 16.2. The van der Waals surface area contributed by atoms with Crippen LogP contribution in [0.5, 0.6) is 5.75 Å². The summed E-state index contributed by atoms with van der Waals surface area (Å²) in [6, 6.07) is 4.19. The Morgan fingerprint density at radius 2 is 2.27 bits per heavy atom. The highest BCUT2D eigenvalue weighted by molar-refractivity contribution is 7.89. The number of sulfonamides is 1. The largest absolute Gasteiger partial charge is 0.492 e. The van der Waals surface area contributed by atoms with E-state index in [0.29, 0.717) is 19.8 Å². The van der Waals surface area contributed by atoms with Crippen LogP contribution in [0.4, 0.5) is 0 Å². The van der Waals surface area contributed by atoms with Crippen LogP contribution in [-0.2, 0) is 19.6 Å². The molecule has 1 fully saturated rings. The molecule has 0 aliphatic carbocycles. The van der Waals surface area contributed by atoms with Gasteiger partial charge < -0.3 is 14.6 Å². The molecule has 2 N–H and O–H groups in total. The van der Waals surface area contributed by atoms with Crippen LogP contribution in [0.2, 0.25) is 5.02 Å². The first kappa shape index (κ1) is 17.0. The van der Waals surface area contributed by atoms with Crippen molar-refractivity contribution in [3.63, 3.8) is 0 Å². The molecule has 0 bridgehead atoms. The normalized spacial score (nSPS) is 18.3. The smallest absolute Gasteiger partial charge is 0.318 e. The Hall–Kier alpha value is -1.35. The maximum absolute atomic E-state index is 12.2. The molecule has 1 atom stereocenters. The second-order valence-corrected chi connectivity index (χ2v) is 7.02. The lowest BCUT2D eigenvalue weighted by Gasteiger charge is -2.14. The predicted molar refractivity (Wildman–Crippen MR) is 78.7 cm³/mol. The molecule has 1 saturated heterocycles. The van der Waals surface area contributed by atoms with E-state index in [1.807, 2.05) is 4.72 Å². The summed E-state index contributed by atoms with van der Waals surface area (Å²) in [7, 11) is -4.03. The van der Waals surface area contributed by atoms with Crippen LogP contribution < -0.4 is 9.46 Å². The number of aliphatic carboxylic acids is 1. The summed E-state index contributed by atoms with van der Waals surface area (Å²) in [4.78, 5) is 10.4. The molecule has 2 rings (SSSR count). The lowest BCUT2D eigenvalue weighted by molar-refractivity contribution is -0.135. The minimum absolute atomic E-state index is 0.134. The molecule has 1 aromatic carbocycles. The van der Waals surface area contributed by atoms with E-state index in [2.05, 4.69) is 0 Å². The van der Waals surface area contributed by atoms with Gasteiger partial charge in [-0.3, -0.25) is 4.79 Å². The van der Waals surface area contributed by atoms with Crippen molar-refractivity contribution < 1.29 is 27.8 Å². The van der Waals surface area contributed by atoms with Crippen molar-refractivity contribution in [2.75, 3.05) is 26.4 Å². The zero-order valence-electron chi connectivity index (χ0n) is 11.6. The minimum atomic E-state index is -4.03. The number of hydrogen-bond donors (Lipinski definition) is 2. The highest BCUT2D eigenvalue weighted by Gasteiger charge is 2.23. The Labute approximate surface area is 133 Å². The number of hydrogen-bond acceptors (Lipinski definition) is 5. The van der Waals surface area contributed by atoms with E-state index in [9.17, 15) is 13.2 Å². The van der Waals surface area contributed by atoms with Crippen molar-refractivity contribution in [2.45, 2.75) is 11.3 Å². The second-order valence-electron chi connectivity index (χ2n) is 4.85. The maximum Gasteiger partial charge on any atom is 0.318 e. The van der Waals surface area contributed by atoms with E-state index >= 15 is 0 Å². The van der Waals surface area contributed by atoms with Gasteiger partial charge in [-0.15, -0.1) is 0 Å². The Balaban J connectivity index is 2.17. The van der Waals surface area contributed by atoms with Crippen LogP contribution in [0.15, 0.2) is 23.1 Å². The van der Waals surface area contributed by atoms with Crippen molar-refractivity contribution in [1.82, 2.24) is 4.72 Å². The number of halogens is 1. The van der Waals surface area contributed by atoms with Crippen molar-refractivity contribution in [3.8, 4) is 5.75 Å². The van der Waals surface area contributed by atoms with Crippen molar-refractivity contribution in [3.05, 3.63) is 23.2 Å². The third kappa shape index (κ3) is 4.57. The van der Waals surface area contributed by atoms with Crippen LogP contribution in [0.1, 0.15) is 6.42 Å². The lowest BCUT2D eigenvalue weighted by Crippen LogP contribution is -2.30. The first-order chi connectivity index (χ1) is 10.4. The standard InChI is InChI=1S/C13H16ClNO6S/c14-10-1-2-11(21-8-9-3-4-20-7-9)12(5-10)22(18,19)15-6-13(16)17/h1-2,5,9,15H,3-4,6-8H2,(H,16,17). The molecule has 122 valence electrons. The van der Waals surface area contributed by atoms with Crippen molar-refractivity contribution in [2.24, 2.45) is 5.92 Å². The Morgan fingerprint density at radius 1 is 1.50 bits per heavy atom. The number of nitrogens with one attached hydrogen (secondary N) is 1. The average Bonchev–Trinajstić information content (AvgIpc) is 2.97. The Morgan fingerprint density at radius 3 is 2.91 bits per heavy atom. The van der Waals surface area contributed by atoms with Crippen molar-refractivity contribution >= 4 is 27.6 Å². The molecule has 1 aromatic rings. The molecule has 0 spiro atoms. The first-order valence-corrected chi connectivity index (χ1v) is 8.46. The van der Waals surface area contributed by atoms with E-state index < -0.39 is 22.5 Å². The third-order valence-corrected chi connectivity index (χ3v) is 4.76. The molecule has 0 radical (unpaired) electrons. The van der Waals surface area contributed by atoms with Gasteiger partial charge >= 0.3 is 5.97 Å². The van der Waals surface area contributed by atoms with Gasteiger partial charge in [0.1, 0.15) is 17.2 Å². The predicted octanol–water partition coefficient (Wildman–Crippen LogP) is 1.12. The lowest BCUT2D eigenvalue weighted by atomic mass is 10.1. The van der Waals surface area contributed by atoms with E-state index in [4.69, 9.17) is 26.2 Å². The fraction of sp³-hybridized carbons (Fsp3) is 0.462. The van der Waals surface area contributed by atoms with E-state index in [0.717, 1.165) is 6.42 Å². The molecule has 7 nitrogen and oxygen atoms in total. The van der Waals surface area contributed by atoms with Gasteiger partial charge in [-0.25, -0.2) is 8.42 Å². The second kappa shape index (κ2) is 7.28. The summed E-state index contributed by atoms with van der Waals surface area (Å²) in [5, 5.41) is 8.81. The molecular formula is C13H16ClNO6S. The monoisotopic (exact) mass is 349 g/mol. The molecule has 1 aliphatic rings. The van der Waals surface area contributed by atoms with Crippen molar-refractivity contribution in [1.29, 1.82) is 0 Å². The number of carbonyl (C=O) groups is 1. The number of ether oxygens (including phenoxy) is 2. The topological polar surface area (TPSA) is 102 Å². The maximum atomic E-state index is 12.2. The van der Waals surface area contributed by atoms with Crippen LogP contribution in [0.3, 0.4) is 0 Å². The molecule has 9 heteroatoms. The van der Waals surface area contributed by atoms with Crippen LogP contribution in [0.25, 0.3) is 0 Å². The van der Waals surface area contributed by atoms with E-state index in [1.165, 1.54) is 18.2 Å². The SMILES string of the molecule is O=C(O)CNS(=O)(=O)c1cc(Cl)ccc1OCC1CCOC1. The average molecular weight is 350 g/mol. The summed E-state index contributed by atoms with van der Waals surface area (Å²) in [5.74, 6) is -0.941. The summed E-state index contributed by atoms with van der Waals surface area (Å²) in [6.45, 7) is 0.848. The molecule has 1 unspecified atom stereocenters. The summed E-state index contributed by atoms with van der Waals surface area (Å²) >= 11 is 5.83. The number of carboxylic acid groups (broad SMARTS) is 1. The fourth-order valence-corrected chi connectivity index (χ4v) is 3.35. The van der Waals surface area contributed by atoms with Crippen LogP contribution in [0, 0.1) is 5.92 Å². The van der Waals surface area contributed by atoms with Gasteiger partial charge in [0.15, 0.2) is 0 Å². The number of carboxylic acids is 1. The van der Waals surface area contributed by atoms with Gasteiger partial charge in [-0.1, -0.05) is 11.6 Å². The molecule has 22 heavy (non-hydrogen) atoms. The van der Waals surface area contributed by atoms with E-state index in [-0.39, 0.29) is 21.6 Å². The van der Waals surface area contributed by atoms with Gasteiger partial charge in [-0.2, -0.15) is 4.72 Å². The van der Waals surface area contributed by atoms with Crippen LogP contribution in [-0.4, -0.2) is 45.9 Å². The molecule has 0 saturated carbocycles. The Bertz CT molecular complexity index is 642. The third-order valence-electron chi connectivity index (χ3n) is 3.11. The van der Waals surface area contributed by atoms with Gasteiger partial charge in [0, 0.05) is 17.5 Å². The molecule has 0 aromatic heterocycles. The van der Waals surface area contributed by atoms with Gasteiger partial charge in [0.05, 0.1) is 13.2 Å². The molecule has 1 heterocycles. The van der Waals surface area contributed by atoms with Gasteiger partial charge in [-0.05, 0) is 24.6 Å². The highest BCUT2D eigenvalue weighted by atomic mass is 35.5. The Kier molecular flexibility index (Phi) is 5.63. The zero-order valence-corrected chi connectivity index (χ0v) is 13.2. The highest BCUT2D eigenvalue weighted by Crippen LogP contribution is 2.28. The molecule has 1 aliphatic heterocycles. The quantitative estimate of drug-likeness (QED) is 0.764. The van der Waals surface area contributed by atoms with E-state index in [1.54, 1.807) is 0 Å². The number of rotatable bonds is 7. The minimum Gasteiger partial charge on any atom is -0.492 e. The molecule has 0 amide bonds. The van der Waals surface area contributed by atoms with Gasteiger partial charge in [0.25, 0.3) is 0 Å². The summed E-state index contributed by atoms with van der Waals surface area (Å²) in [6.07, 6.45) is 0.854.